The fourth-order valence-corrected chi connectivity index (χ4v) is 3.41. The van der Waals surface area contributed by atoms with Crippen LogP contribution in [0.4, 0.5) is 11.4 Å². The molecule has 2 aromatic carbocycles. The predicted molar refractivity (Wildman–Crippen MR) is 111 cm³/mol. The molecule has 0 spiro atoms. The molecule has 0 N–H and O–H groups in total. The maximum absolute atomic E-state index is 5.63. The first-order chi connectivity index (χ1) is 11.8. The Morgan fingerprint density at radius 1 is 1.16 bits per heavy atom. The zero-order valence-corrected chi connectivity index (χ0v) is 16.9. The Morgan fingerprint density at radius 2 is 1.84 bits per heavy atom. The van der Waals surface area contributed by atoms with Crippen LogP contribution in [0.15, 0.2) is 51.9 Å². The second-order valence-electron chi connectivity index (χ2n) is 6.89. The standard InChI is InChI=1S/C21H23BrN2O/c1-14-12-21(2,3)24(4)19-11-20(25-5)15(10-18(14)19)13-23-17-8-6-16(22)7-9-17/h6-13H,1-5H3. The Bertz CT molecular complexity index is 851. The lowest BCUT2D eigenvalue weighted by Gasteiger charge is -2.40. The van der Waals surface area contributed by atoms with Gasteiger partial charge in [-0.3, -0.25) is 4.99 Å². The number of aliphatic imine (C=N–C) groups is 1. The topological polar surface area (TPSA) is 24.8 Å². The number of allylic oxidation sites excluding steroid dienone is 1. The molecule has 130 valence electrons. The van der Waals surface area contributed by atoms with Gasteiger partial charge >= 0.3 is 0 Å². The maximum atomic E-state index is 5.63. The second-order valence-corrected chi connectivity index (χ2v) is 7.80. The molecule has 1 heterocycles. The maximum Gasteiger partial charge on any atom is 0.129 e. The van der Waals surface area contributed by atoms with Gasteiger partial charge in [0.25, 0.3) is 0 Å². The monoisotopic (exact) mass is 398 g/mol. The van der Waals surface area contributed by atoms with E-state index >= 15 is 0 Å². The van der Waals surface area contributed by atoms with Crippen molar-refractivity contribution < 1.29 is 4.74 Å². The van der Waals surface area contributed by atoms with Crippen LogP contribution >= 0.6 is 15.9 Å². The molecule has 0 saturated heterocycles. The Balaban J connectivity index is 2.04. The van der Waals surface area contributed by atoms with E-state index in [0.29, 0.717) is 0 Å². The van der Waals surface area contributed by atoms with E-state index < -0.39 is 0 Å². The lowest BCUT2D eigenvalue weighted by molar-refractivity contribution is 0.414. The summed E-state index contributed by atoms with van der Waals surface area (Å²) in [6, 6.07) is 12.2. The normalized spacial score (nSPS) is 15.9. The molecule has 0 aliphatic carbocycles. The fourth-order valence-electron chi connectivity index (χ4n) is 3.14. The molecule has 0 bridgehead atoms. The van der Waals surface area contributed by atoms with E-state index in [9.17, 15) is 0 Å². The van der Waals surface area contributed by atoms with Crippen molar-refractivity contribution in [2.75, 3.05) is 19.1 Å². The van der Waals surface area contributed by atoms with E-state index in [0.717, 1.165) is 21.5 Å². The van der Waals surface area contributed by atoms with E-state index in [2.05, 4.69) is 71.8 Å². The van der Waals surface area contributed by atoms with Gasteiger partial charge in [-0.05, 0) is 56.7 Å². The average molecular weight is 399 g/mol. The van der Waals surface area contributed by atoms with Crippen LogP contribution in [0.5, 0.6) is 5.75 Å². The summed E-state index contributed by atoms with van der Waals surface area (Å²) in [6.45, 7) is 6.60. The summed E-state index contributed by atoms with van der Waals surface area (Å²) >= 11 is 3.44. The summed E-state index contributed by atoms with van der Waals surface area (Å²) in [5, 5.41) is 0. The molecule has 2 aromatic rings. The Hall–Kier alpha value is -2.07. The van der Waals surface area contributed by atoms with Gasteiger partial charge in [0.15, 0.2) is 0 Å². The number of benzene rings is 2. The minimum atomic E-state index is -0.0187. The van der Waals surface area contributed by atoms with E-state index in [-0.39, 0.29) is 5.54 Å². The van der Waals surface area contributed by atoms with Crippen molar-refractivity contribution >= 4 is 39.1 Å². The van der Waals surface area contributed by atoms with Crippen LogP contribution < -0.4 is 9.64 Å². The number of methoxy groups -OCH3 is 1. The Morgan fingerprint density at radius 3 is 2.48 bits per heavy atom. The molecule has 25 heavy (non-hydrogen) atoms. The van der Waals surface area contributed by atoms with Gasteiger partial charge in [-0.25, -0.2) is 0 Å². The number of rotatable bonds is 3. The van der Waals surface area contributed by atoms with Crippen LogP contribution in [0.1, 0.15) is 31.9 Å². The second kappa shape index (κ2) is 6.68. The summed E-state index contributed by atoms with van der Waals surface area (Å²) < 4.78 is 6.67. The predicted octanol–water partition coefficient (Wildman–Crippen LogP) is 5.84. The van der Waals surface area contributed by atoms with Gasteiger partial charge in [0, 0.05) is 40.6 Å². The van der Waals surface area contributed by atoms with Gasteiger partial charge in [0.05, 0.1) is 18.3 Å². The Kier molecular flexibility index (Phi) is 4.74. The molecule has 0 amide bonds. The summed E-state index contributed by atoms with van der Waals surface area (Å²) in [5.74, 6) is 0.831. The van der Waals surface area contributed by atoms with E-state index in [1.54, 1.807) is 7.11 Å². The van der Waals surface area contributed by atoms with Gasteiger partial charge in [-0.1, -0.05) is 22.0 Å². The molecule has 4 heteroatoms. The summed E-state index contributed by atoms with van der Waals surface area (Å²) in [4.78, 5) is 6.87. The molecule has 3 rings (SSSR count). The highest BCUT2D eigenvalue weighted by Gasteiger charge is 2.29. The van der Waals surface area contributed by atoms with Crippen molar-refractivity contribution in [1.82, 2.24) is 0 Å². The van der Waals surface area contributed by atoms with Crippen molar-refractivity contribution in [1.29, 1.82) is 0 Å². The zero-order chi connectivity index (χ0) is 18.2. The first-order valence-corrected chi connectivity index (χ1v) is 9.06. The van der Waals surface area contributed by atoms with Gasteiger partial charge in [0.2, 0.25) is 0 Å². The molecule has 0 aromatic heterocycles. The highest BCUT2D eigenvalue weighted by Crippen LogP contribution is 2.40. The Labute approximate surface area is 158 Å². The van der Waals surface area contributed by atoms with Crippen molar-refractivity contribution in [3.63, 3.8) is 0 Å². The fraction of sp³-hybridized carbons (Fsp3) is 0.286. The molecular weight excluding hydrogens is 376 g/mol. The minimum Gasteiger partial charge on any atom is -0.496 e. The summed E-state index contributed by atoms with van der Waals surface area (Å²) in [6.07, 6.45) is 4.17. The van der Waals surface area contributed by atoms with E-state index in [1.165, 1.54) is 16.8 Å². The molecule has 0 atom stereocenters. The first-order valence-electron chi connectivity index (χ1n) is 8.27. The summed E-state index contributed by atoms with van der Waals surface area (Å²) in [5.41, 5.74) is 5.55. The quantitative estimate of drug-likeness (QED) is 0.606. The number of ether oxygens (including phenoxy) is 1. The average Bonchev–Trinajstić information content (AvgIpc) is 2.58. The number of hydrogen-bond acceptors (Lipinski definition) is 3. The van der Waals surface area contributed by atoms with E-state index in [4.69, 9.17) is 4.74 Å². The largest absolute Gasteiger partial charge is 0.496 e. The van der Waals surface area contributed by atoms with Crippen molar-refractivity contribution in [2.24, 2.45) is 4.99 Å². The number of anilines is 1. The number of hydrogen-bond donors (Lipinski definition) is 0. The molecule has 3 nitrogen and oxygen atoms in total. The third-order valence-corrected chi connectivity index (χ3v) is 5.28. The van der Waals surface area contributed by atoms with Gasteiger partial charge in [-0.15, -0.1) is 0 Å². The third-order valence-electron chi connectivity index (χ3n) is 4.75. The number of likely N-dealkylation sites (N-methyl/N-ethyl adjacent to an activating group) is 1. The molecule has 0 radical (unpaired) electrons. The van der Waals surface area contributed by atoms with Crippen LogP contribution in [0.25, 0.3) is 5.57 Å². The van der Waals surface area contributed by atoms with Gasteiger partial charge < -0.3 is 9.64 Å². The third kappa shape index (κ3) is 3.49. The van der Waals surface area contributed by atoms with Crippen LogP contribution in [-0.2, 0) is 0 Å². The van der Waals surface area contributed by atoms with Crippen LogP contribution in [-0.4, -0.2) is 25.9 Å². The van der Waals surface area contributed by atoms with Crippen molar-refractivity contribution in [3.8, 4) is 5.75 Å². The smallest absolute Gasteiger partial charge is 0.129 e. The SMILES string of the molecule is COc1cc2c(cc1C=Nc1ccc(Br)cc1)C(C)=CC(C)(C)N2C. The van der Waals surface area contributed by atoms with Gasteiger partial charge in [0.1, 0.15) is 5.75 Å². The van der Waals surface area contributed by atoms with Gasteiger partial charge in [-0.2, -0.15) is 0 Å². The van der Waals surface area contributed by atoms with Crippen molar-refractivity contribution in [3.05, 3.63) is 58.1 Å². The lowest BCUT2D eigenvalue weighted by Crippen LogP contribution is -2.42. The van der Waals surface area contributed by atoms with Crippen molar-refractivity contribution in [2.45, 2.75) is 26.3 Å². The number of nitrogens with zero attached hydrogens (tertiary/aromatic N) is 2. The number of halogens is 1. The van der Waals surface area contributed by atoms with E-state index in [1.807, 2.05) is 30.5 Å². The molecule has 1 aliphatic rings. The molecule has 1 aliphatic heterocycles. The molecule has 0 unspecified atom stereocenters. The molecule has 0 fully saturated rings. The van der Waals surface area contributed by atoms with Crippen LogP contribution in [0.2, 0.25) is 0 Å². The number of fused-ring (bicyclic) bond motifs is 1. The van der Waals surface area contributed by atoms with Crippen LogP contribution in [0, 0.1) is 0 Å². The minimum absolute atomic E-state index is 0.0187. The molecule has 0 saturated carbocycles. The lowest BCUT2D eigenvalue weighted by atomic mass is 9.88. The highest BCUT2D eigenvalue weighted by molar-refractivity contribution is 9.10. The van der Waals surface area contributed by atoms with Crippen LogP contribution in [0.3, 0.4) is 0 Å². The zero-order valence-electron chi connectivity index (χ0n) is 15.3. The molecular formula is C21H23BrN2O. The first kappa shape index (κ1) is 17.7. The summed E-state index contributed by atoms with van der Waals surface area (Å²) in [7, 11) is 3.83. The highest BCUT2D eigenvalue weighted by atomic mass is 79.9.